The number of halogens is 2. The van der Waals surface area contributed by atoms with Gasteiger partial charge in [-0.15, -0.1) is 0 Å². The third-order valence-electron chi connectivity index (χ3n) is 3.41. The zero-order chi connectivity index (χ0) is 14.5. The van der Waals surface area contributed by atoms with Gasteiger partial charge in [-0.05, 0) is 51.9 Å². The molecule has 0 saturated heterocycles. The van der Waals surface area contributed by atoms with E-state index in [1.54, 1.807) is 0 Å². The Kier molecular flexibility index (Phi) is 5.84. The van der Waals surface area contributed by atoms with Gasteiger partial charge in [-0.1, -0.05) is 49.6 Å². The maximum atomic E-state index is 4.93. The van der Waals surface area contributed by atoms with Crippen LogP contribution in [-0.2, 0) is 27.3 Å². The first-order valence-corrected chi connectivity index (χ1v) is 12.5. The molecule has 0 nitrogen and oxygen atoms in total. The van der Waals surface area contributed by atoms with E-state index < -0.39 is 20.8 Å². The molecule has 0 heterocycles. The molecule has 1 aliphatic rings. The molecule has 0 atom stereocenters. The van der Waals surface area contributed by atoms with Crippen molar-refractivity contribution in [2.24, 2.45) is 0 Å². The molecule has 0 radical (unpaired) electrons. The summed E-state index contributed by atoms with van der Waals surface area (Å²) < 4.78 is 0. The summed E-state index contributed by atoms with van der Waals surface area (Å²) in [5, 5.41) is 0. The van der Waals surface area contributed by atoms with E-state index in [2.05, 4.69) is 49.6 Å². The minimum absolute atomic E-state index is 0.826. The zero-order valence-electron chi connectivity index (χ0n) is 11.0. The van der Waals surface area contributed by atoms with Crippen LogP contribution in [-0.4, -0.2) is 0 Å². The van der Waals surface area contributed by atoms with Crippen molar-refractivity contribution in [3.8, 4) is 11.1 Å². The molecule has 2 aromatic carbocycles. The van der Waals surface area contributed by atoms with E-state index >= 15 is 0 Å². The van der Waals surface area contributed by atoms with Crippen LogP contribution in [0.2, 0.25) is 0 Å². The first kappa shape index (κ1) is 15.8. The average molecular weight is 380 g/mol. The Balaban J connectivity index is 0.000000452. The summed E-state index contributed by atoms with van der Waals surface area (Å²) in [6.45, 7) is 7.66. The predicted octanol–water partition coefficient (Wildman–Crippen LogP) is 5.92. The molecule has 1 aliphatic carbocycles. The van der Waals surface area contributed by atoms with Crippen LogP contribution >= 0.6 is 17.0 Å². The average Bonchev–Trinajstić information content (AvgIpc) is 2.84. The van der Waals surface area contributed by atoms with E-state index in [-0.39, 0.29) is 0 Å². The second kappa shape index (κ2) is 7.41. The van der Waals surface area contributed by atoms with Gasteiger partial charge < -0.3 is 0 Å². The van der Waals surface area contributed by atoms with Crippen LogP contribution in [0.15, 0.2) is 49.6 Å². The molecular formula is C17H14Cl2Zr. The number of hydrogen-bond acceptors (Lipinski definition) is 0. The summed E-state index contributed by atoms with van der Waals surface area (Å²) in [7, 11) is 9.87. The van der Waals surface area contributed by atoms with Gasteiger partial charge in [-0.2, -0.15) is 0 Å². The Morgan fingerprint density at radius 1 is 0.850 bits per heavy atom. The Morgan fingerprint density at radius 3 is 1.60 bits per heavy atom. The van der Waals surface area contributed by atoms with Gasteiger partial charge in [0, 0.05) is 0 Å². The minimum atomic E-state index is -0.826. The summed E-state index contributed by atoms with van der Waals surface area (Å²) in [6, 6.07) is 13.1. The number of rotatable bonds is 2. The second-order valence-electron chi connectivity index (χ2n) is 4.49. The second-order valence-corrected chi connectivity index (χ2v) is 8.22. The van der Waals surface area contributed by atoms with Crippen LogP contribution in [0, 0.1) is 0 Å². The van der Waals surface area contributed by atoms with E-state index in [4.69, 9.17) is 17.0 Å². The van der Waals surface area contributed by atoms with E-state index in [0.29, 0.717) is 0 Å². The Hall–Kier alpha value is -0.617. The molecule has 0 fully saturated rings. The maximum absolute atomic E-state index is 4.93. The van der Waals surface area contributed by atoms with Crippen LogP contribution in [0.1, 0.15) is 22.3 Å². The van der Waals surface area contributed by atoms with Gasteiger partial charge in [0.15, 0.2) is 0 Å². The van der Waals surface area contributed by atoms with Crippen molar-refractivity contribution in [2.75, 3.05) is 0 Å². The van der Waals surface area contributed by atoms with Gasteiger partial charge >= 0.3 is 37.9 Å². The SMILES string of the molecule is C=Cc1ccc2c(c1)-c1cc(C=C)ccc1C2.[Cl][Zr][Cl]. The van der Waals surface area contributed by atoms with Gasteiger partial charge in [0.25, 0.3) is 0 Å². The topological polar surface area (TPSA) is 0 Å². The van der Waals surface area contributed by atoms with E-state index in [9.17, 15) is 0 Å². The van der Waals surface area contributed by atoms with Crippen molar-refractivity contribution in [1.29, 1.82) is 0 Å². The Labute approximate surface area is 138 Å². The third kappa shape index (κ3) is 3.34. The zero-order valence-corrected chi connectivity index (χ0v) is 15.0. The van der Waals surface area contributed by atoms with Crippen LogP contribution < -0.4 is 0 Å². The monoisotopic (exact) mass is 378 g/mol. The van der Waals surface area contributed by atoms with Gasteiger partial charge in [0.05, 0.1) is 0 Å². The number of hydrogen-bond donors (Lipinski definition) is 0. The summed E-state index contributed by atoms with van der Waals surface area (Å²) in [5.74, 6) is 0. The van der Waals surface area contributed by atoms with Crippen molar-refractivity contribution < 1.29 is 20.8 Å². The molecule has 0 N–H and O–H groups in total. The van der Waals surface area contributed by atoms with Crippen LogP contribution in [0.3, 0.4) is 0 Å². The number of fused-ring (bicyclic) bond motifs is 3. The molecular weight excluding hydrogens is 366 g/mol. The van der Waals surface area contributed by atoms with Crippen molar-refractivity contribution in [3.63, 3.8) is 0 Å². The molecule has 0 bridgehead atoms. The van der Waals surface area contributed by atoms with Crippen molar-refractivity contribution >= 4 is 29.2 Å². The van der Waals surface area contributed by atoms with E-state index in [0.717, 1.165) is 6.42 Å². The summed E-state index contributed by atoms with van der Waals surface area (Å²) >= 11 is -0.826. The molecule has 3 rings (SSSR count). The molecule has 2 aromatic rings. The Morgan fingerprint density at radius 2 is 1.25 bits per heavy atom. The van der Waals surface area contributed by atoms with Crippen LogP contribution in [0.4, 0.5) is 0 Å². The summed E-state index contributed by atoms with van der Waals surface area (Å²) in [4.78, 5) is 0. The molecule has 20 heavy (non-hydrogen) atoms. The van der Waals surface area contributed by atoms with Crippen molar-refractivity contribution in [2.45, 2.75) is 6.42 Å². The first-order chi connectivity index (χ1) is 9.73. The normalized spacial score (nSPS) is 10.7. The fourth-order valence-corrected chi connectivity index (χ4v) is 2.46. The Bertz CT molecular complexity index is 592. The quantitative estimate of drug-likeness (QED) is 0.518. The van der Waals surface area contributed by atoms with Crippen LogP contribution in [0.25, 0.3) is 23.3 Å². The first-order valence-electron chi connectivity index (χ1n) is 6.20. The van der Waals surface area contributed by atoms with Crippen molar-refractivity contribution in [1.82, 2.24) is 0 Å². The molecule has 0 spiro atoms. The molecule has 0 unspecified atom stereocenters. The fraction of sp³-hybridized carbons (Fsp3) is 0.0588. The molecule has 0 saturated carbocycles. The van der Waals surface area contributed by atoms with Gasteiger partial charge in [-0.25, -0.2) is 0 Å². The van der Waals surface area contributed by atoms with Gasteiger partial charge in [0.1, 0.15) is 0 Å². The molecule has 3 heteroatoms. The predicted molar refractivity (Wildman–Crippen MR) is 86.6 cm³/mol. The van der Waals surface area contributed by atoms with Crippen molar-refractivity contribution in [3.05, 3.63) is 71.8 Å². The molecule has 0 amide bonds. The van der Waals surface area contributed by atoms with E-state index in [1.165, 1.54) is 33.4 Å². The van der Waals surface area contributed by atoms with Crippen LogP contribution in [0.5, 0.6) is 0 Å². The van der Waals surface area contributed by atoms with E-state index in [1.807, 2.05) is 12.2 Å². The summed E-state index contributed by atoms with van der Waals surface area (Å²) in [6.07, 6.45) is 4.84. The molecule has 100 valence electrons. The molecule has 0 aliphatic heterocycles. The third-order valence-corrected chi connectivity index (χ3v) is 3.41. The van der Waals surface area contributed by atoms with Gasteiger partial charge in [-0.3, -0.25) is 0 Å². The fourth-order valence-electron chi connectivity index (χ4n) is 2.46. The number of benzene rings is 2. The summed E-state index contributed by atoms with van der Waals surface area (Å²) in [5.41, 5.74) is 7.88. The molecule has 0 aromatic heterocycles. The standard InChI is InChI=1S/C17H14.2ClH.Zr/c1-3-12-5-7-14-11-15-8-6-13(4-2)10-17(15)16(14)9-12;;;/h3-10H,1-2,11H2;2*1H;/q;;;+2/p-2. The van der Waals surface area contributed by atoms with Gasteiger partial charge in [0.2, 0.25) is 0 Å².